The first kappa shape index (κ1) is 9.57. The van der Waals surface area contributed by atoms with Crippen LogP contribution in [0.2, 0.25) is 0 Å². The van der Waals surface area contributed by atoms with Crippen molar-refractivity contribution >= 4 is 5.82 Å². The summed E-state index contributed by atoms with van der Waals surface area (Å²) in [7, 11) is 0. The molecule has 6 heteroatoms. The van der Waals surface area contributed by atoms with Crippen LogP contribution in [0.15, 0.2) is 18.6 Å². The van der Waals surface area contributed by atoms with Crippen LogP contribution in [0, 0.1) is 0 Å². The van der Waals surface area contributed by atoms with Crippen molar-refractivity contribution in [3.8, 4) is 11.6 Å². The Morgan fingerprint density at radius 1 is 1.40 bits per heavy atom. The number of hydrogen-bond donors (Lipinski definition) is 2. The second-order valence-electron chi connectivity index (χ2n) is 3.03. The Morgan fingerprint density at radius 3 is 3.07 bits per heavy atom. The molecule has 0 radical (unpaired) electrons. The third-order valence-electron chi connectivity index (χ3n) is 1.84. The Hall–Kier alpha value is -1.98. The Labute approximate surface area is 87.2 Å². The van der Waals surface area contributed by atoms with Crippen molar-refractivity contribution in [1.82, 2.24) is 25.1 Å². The lowest BCUT2D eigenvalue weighted by Crippen LogP contribution is -2.03. The fourth-order valence-corrected chi connectivity index (χ4v) is 1.14. The van der Waals surface area contributed by atoms with Gasteiger partial charge < -0.3 is 5.32 Å². The second kappa shape index (κ2) is 4.50. The SMILES string of the molecule is CCCNc1ccnc(-c2ncn[nH]2)n1. The maximum Gasteiger partial charge on any atom is 0.199 e. The van der Waals surface area contributed by atoms with E-state index in [0.717, 1.165) is 18.8 Å². The minimum absolute atomic E-state index is 0.550. The maximum absolute atomic E-state index is 4.30. The zero-order chi connectivity index (χ0) is 10.5. The topological polar surface area (TPSA) is 79.4 Å². The van der Waals surface area contributed by atoms with Gasteiger partial charge in [0.15, 0.2) is 11.6 Å². The van der Waals surface area contributed by atoms with Gasteiger partial charge in [0, 0.05) is 12.7 Å². The normalized spacial score (nSPS) is 10.2. The van der Waals surface area contributed by atoms with E-state index in [2.05, 4.69) is 37.4 Å². The van der Waals surface area contributed by atoms with Crippen molar-refractivity contribution in [3.63, 3.8) is 0 Å². The van der Waals surface area contributed by atoms with Crippen molar-refractivity contribution in [2.24, 2.45) is 0 Å². The van der Waals surface area contributed by atoms with Gasteiger partial charge in [-0.05, 0) is 12.5 Å². The molecule has 78 valence electrons. The third-order valence-corrected chi connectivity index (χ3v) is 1.84. The number of aromatic amines is 1. The van der Waals surface area contributed by atoms with Crippen LogP contribution in [0.3, 0.4) is 0 Å². The van der Waals surface area contributed by atoms with Crippen LogP contribution in [0.4, 0.5) is 5.82 Å². The van der Waals surface area contributed by atoms with E-state index in [-0.39, 0.29) is 0 Å². The highest BCUT2D eigenvalue weighted by atomic mass is 15.2. The summed E-state index contributed by atoms with van der Waals surface area (Å²) < 4.78 is 0. The fraction of sp³-hybridized carbons (Fsp3) is 0.333. The van der Waals surface area contributed by atoms with Crippen LogP contribution in [0.25, 0.3) is 11.6 Å². The van der Waals surface area contributed by atoms with Crippen molar-refractivity contribution in [2.75, 3.05) is 11.9 Å². The summed E-state index contributed by atoms with van der Waals surface area (Å²) >= 11 is 0. The van der Waals surface area contributed by atoms with Crippen LogP contribution in [0.5, 0.6) is 0 Å². The van der Waals surface area contributed by atoms with Crippen molar-refractivity contribution in [3.05, 3.63) is 18.6 Å². The molecule has 6 nitrogen and oxygen atoms in total. The molecule has 2 aromatic rings. The van der Waals surface area contributed by atoms with Gasteiger partial charge in [-0.2, -0.15) is 5.10 Å². The number of nitrogens with zero attached hydrogens (tertiary/aromatic N) is 4. The predicted molar refractivity (Wildman–Crippen MR) is 56.2 cm³/mol. The van der Waals surface area contributed by atoms with Gasteiger partial charge in [-0.15, -0.1) is 0 Å². The number of nitrogens with one attached hydrogen (secondary N) is 2. The van der Waals surface area contributed by atoms with E-state index in [4.69, 9.17) is 0 Å². The molecule has 0 atom stereocenters. The lowest BCUT2D eigenvalue weighted by Gasteiger charge is -2.03. The van der Waals surface area contributed by atoms with E-state index in [1.807, 2.05) is 6.07 Å². The minimum atomic E-state index is 0.550. The molecule has 0 fully saturated rings. The second-order valence-corrected chi connectivity index (χ2v) is 3.03. The molecule has 0 spiro atoms. The van der Waals surface area contributed by atoms with E-state index in [1.165, 1.54) is 6.33 Å². The smallest absolute Gasteiger partial charge is 0.199 e. The van der Waals surface area contributed by atoms with E-state index >= 15 is 0 Å². The summed E-state index contributed by atoms with van der Waals surface area (Å²) in [6.07, 6.45) is 4.19. The number of H-pyrrole nitrogens is 1. The fourth-order valence-electron chi connectivity index (χ4n) is 1.14. The molecule has 2 aromatic heterocycles. The molecule has 0 aliphatic rings. The van der Waals surface area contributed by atoms with Crippen molar-refractivity contribution in [1.29, 1.82) is 0 Å². The summed E-state index contributed by atoms with van der Waals surface area (Å²) in [5.74, 6) is 1.93. The number of anilines is 1. The highest BCUT2D eigenvalue weighted by Crippen LogP contribution is 2.09. The molecule has 0 aliphatic carbocycles. The summed E-state index contributed by atoms with van der Waals surface area (Å²) in [6.45, 7) is 3.00. The molecule has 2 heterocycles. The molecule has 0 saturated carbocycles. The Kier molecular flexibility index (Phi) is 2.87. The maximum atomic E-state index is 4.30. The molecule has 0 aromatic carbocycles. The zero-order valence-electron chi connectivity index (χ0n) is 8.44. The first-order chi connectivity index (χ1) is 7.40. The molecule has 0 saturated heterocycles. The zero-order valence-corrected chi connectivity index (χ0v) is 8.44. The molecule has 2 N–H and O–H groups in total. The third kappa shape index (κ3) is 2.28. The monoisotopic (exact) mass is 204 g/mol. The summed E-state index contributed by atoms with van der Waals surface area (Å²) in [6, 6.07) is 1.83. The Balaban J connectivity index is 2.19. The van der Waals surface area contributed by atoms with E-state index in [9.17, 15) is 0 Å². The van der Waals surface area contributed by atoms with Gasteiger partial charge in [0.05, 0.1) is 0 Å². The van der Waals surface area contributed by atoms with E-state index < -0.39 is 0 Å². The standard InChI is InChI=1S/C9H12N6/c1-2-4-10-7-3-5-11-8(14-7)9-12-6-13-15-9/h3,5-6H,2,4H2,1H3,(H,10,11,14)(H,12,13,15). The van der Waals surface area contributed by atoms with E-state index in [1.54, 1.807) is 6.20 Å². The molecular formula is C9H12N6. The lowest BCUT2D eigenvalue weighted by molar-refractivity contribution is 0.963. The molecule has 0 amide bonds. The quantitative estimate of drug-likeness (QED) is 0.779. The first-order valence-corrected chi connectivity index (χ1v) is 4.83. The summed E-state index contributed by atoms with van der Waals surface area (Å²) in [4.78, 5) is 12.4. The van der Waals surface area contributed by atoms with Crippen molar-refractivity contribution < 1.29 is 0 Å². The lowest BCUT2D eigenvalue weighted by atomic mass is 10.4. The van der Waals surface area contributed by atoms with Gasteiger partial charge in [0.1, 0.15) is 12.1 Å². The summed E-state index contributed by atoms with van der Waals surface area (Å²) in [5.41, 5.74) is 0. The largest absolute Gasteiger partial charge is 0.370 e. The van der Waals surface area contributed by atoms with Crippen LogP contribution in [-0.2, 0) is 0 Å². The molecule has 15 heavy (non-hydrogen) atoms. The van der Waals surface area contributed by atoms with Gasteiger partial charge in [-0.1, -0.05) is 6.92 Å². The van der Waals surface area contributed by atoms with Crippen LogP contribution >= 0.6 is 0 Å². The van der Waals surface area contributed by atoms with E-state index in [0.29, 0.717) is 11.6 Å². The minimum Gasteiger partial charge on any atom is -0.370 e. The van der Waals surface area contributed by atoms with Gasteiger partial charge >= 0.3 is 0 Å². The number of aromatic nitrogens is 5. The molecule has 0 unspecified atom stereocenters. The van der Waals surface area contributed by atoms with Gasteiger partial charge in [0.2, 0.25) is 0 Å². The molecular weight excluding hydrogens is 192 g/mol. The van der Waals surface area contributed by atoms with Gasteiger partial charge in [-0.3, -0.25) is 5.10 Å². The Bertz CT molecular complexity index is 410. The van der Waals surface area contributed by atoms with Gasteiger partial charge in [0.25, 0.3) is 0 Å². The van der Waals surface area contributed by atoms with Gasteiger partial charge in [-0.25, -0.2) is 15.0 Å². The molecule has 0 bridgehead atoms. The average molecular weight is 204 g/mol. The first-order valence-electron chi connectivity index (χ1n) is 4.83. The molecule has 0 aliphatic heterocycles. The highest BCUT2D eigenvalue weighted by Gasteiger charge is 2.04. The van der Waals surface area contributed by atoms with Crippen LogP contribution in [0.1, 0.15) is 13.3 Å². The number of rotatable bonds is 4. The summed E-state index contributed by atoms with van der Waals surface area (Å²) in [5, 5.41) is 9.66. The van der Waals surface area contributed by atoms with Crippen LogP contribution in [-0.4, -0.2) is 31.7 Å². The van der Waals surface area contributed by atoms with Crippen LogP contribution < -0.4 is 5.32 Å². The predicted octanol–water partition coefficient (Wildman–Crippen LogP) is 1.08. The highest BCUT2D eigenvalue weighted by molar-refractivity contribution is 5.46. The number of hydrogen-bond acceptors (Lipinski definition) is 5. The average Bonchev–Trinajstić information content (AvgIpc) is 2.80. The molecule has 2 rings (SSSR count). The van der Waals surface area contributed by atoms with Crippen molar-refractivity contribution in [2.45, 2.75) is 13.3 Å². The Morgan fingerprint density at radius 2 is 2.33 bits per heavy atom.